The number of nitrogens with zero attached hydrogens (tertiary/aromatic N) is 3. The smallest absolute Gasteiger partial charge is 0.341 e. The van der Waals surface area contributed by atoms with Crippen LogP contribution >= 0.6 is 23.1 Å². The highest BCUT2D eigenvalue weighted by Gasteiger charge is 2.26. The Balaban J connectivity index is 1.41. The Morgan fingerprint density at radius 1 is 1.09 bits per heavy atom. The highest BCUT2D eigenvalue weighted by molar-refractivity contribution is 7.99. The van der Waals surface area contributed by atoms with E-state index in [9.17, 15) is 9.59 Å². The van der Waals surface area contributed by atoms with Gasteiger partial charge in [-0.2, -0.15) is 0 Å². The first-order valence-electron chi connectivity index (χ1n) is 11.7. The molecule has 3 aromatic rings. The van der Waals surface area contributed by atoms with E-state index >= 15 is 0 Å². The number of rotatable bonds is 8. The molecule has 10 heteroatoms. The van der Waals surface area contributed by atoms with Crippen molar-refractivity contribution in [1.29, 1.82) is 0 Å². The number of nitrogens with one attached hydrogen (secondary N) is 1. The Morgan fingerprint density at radius 3 is 2.54 bits per heavy atom. The molecular weight excluding hydrogens is 484 g/mol. The number of fused-ring (bicyclic) bond motifs is 1. The summed E-state index contributed by atoms with van der Waals surface area (Å²) in [5, 5.41) is 12.8. The summed E-state index contributed by atoms with van der Waals surface area (Å²) >= 11 is 2.82. The second kappa shape index (κ2) is 11.7. The zero-order chi connectivity index (χ0) is 24.8. The topological polar surface area (TPSA) is 95.3 Å². The number of anilines is 1. The molecular formula is C25H30N4O4S2. The van der Waals surface area contributed by atoms with Gasteiger partial charge in [0.05, 0.1) is 25.5 Å². The quantitative estimate of drug-likeness (QED) is 0.345. The number of methoxy groups -OCH3 is 2. The number of aryl methyl sites for hydroxylation is 1. The molecule has 0 saturated heterocycles. The van der Waals surface area contributed by atoms with Crippen LogP contribution in [-0.2, 0) is 35.8 Å². The van der Waals surface area contributed by atoms with E-state index in [0.29, 0.717) is 22.1 Å². The number of hydrogen-bond donors (Lipinski definition) is 1. The third-order valence-corrected chi connectivity index (χ3v) is 8.32. The first kappa shape index (κ1) is 25.2. The monoisotopic (exact) mass is 514 g/mol. The average molecular weight is 515 g/mol. The Kier molecular flexibility index (Phi) is 8.46. The zero-order valence-electron chi connectivity index (χ0n) is 20.3. The summed E-state index contributed by atoms with van der Waals surface area (Å²) in [4.78, 5) is 26.6. The van der Waals surface area contributed by atoms with Gasteiger partial charge in [0.25, 0.3) is 0 Å². The van der Waals surface area contributed by atoms with Crippen LogP contribution in [0.15, 0.2) is 29.4 Å². The van der Waals surface area contributed by atoms with Gasteiger partial charge >= 0.3 is 5.97 Å². The van der Waals surface area contributed by atoms with Crippen molar-refractivity contribution in [2.75, 3.05) is 25.3 Å². The third-order valence-electron chi connectivity index (χ3n) is 6.09. The van der Waals surface area contributed by atoms with Gasteiger partial charge in [0, 0.05) is 18.3 Å². The van der Waals surface area contributed by atoms with E-state index in [-0.39, 0.29) is 17.6 Å². The molecule has 0 saturated carbocycles. The van der Waals surface area contributed by atoms with E-state index in [2.05, 4.69) is 15.5 Å². The van der Waals surface area contributed by atoms with Crippen LogP contribution in [0.1, 0.15) is 57.9 Å². The number of thioether (sulfide) groups is 1. The van der Waals surface area contributed by atoms with E-state index in [0.717, 1.165) is 54.8 Å². The van der Waals surface area contributed by atoms with Crippen LogP contribution in [0.2, 0.25) is 0 Å². The molecule has 0 fully saturated rings. The minimum Gasteiger partial charge on any atom is -0.497 e. The van der Waals surface area contributed by atoms with E-state index in [1.165, 1.54) is 41.5 Å². The molecule has 8 nitrogen and oxygen atoms in total. The molecule has 2 heterocycles. The van der Waals surface area contributed by atoms with Gasteiger partial charge in [-0.1, -0.05) is 36.7 Å². The van der Waals surface area contributed by atoms with E-state index in [4.69, 9.17) is 9.47 Å². The summed E-state index contributed by atoms with van der Waals surface area (Å²) in [6.07, 6.45) is 6.91. The van der Waals surface area contributed by atoms with Gasteiger partial charge in [-0.3, -0.25) is 4.79 Å². The molecule has 0 unspecified atom stereocenters. The molecule has 0 bridgehead atoms. The number of esters is 1. The number of amides is 1. The second-order valence-electron chi connectivity index (χ2n) is 8.43. The summed E-state index contributed by atoms with van der Waals surface area (Å²) in [5.41, 5.74) is 2.66. The van der Waals surface area contributed by atoms with E-state index < -0.39 is 0 Å². The minimum atomic E-state index is -0.387. The maximum Gasteiger partial charge on any atom is 0.341 e. The Morgan fingerprint density at radius 2 is 1.83 bits per heavy atom. The van der Waals surface area contributed by atoms with Crippen molar-refractivity contribution in [2.45, 2.75) is 50.1 Å². The van der Waals surface area contributed by atoms with Crippen molar-refractivity contribution in [3.05, 3.63) is 51.7 Å². The lowest BCUT2D eigenvalue weighted by atomic mass is 9.96. The Labute approximate surface area is 213 Å². The second-order valence-corrected chi connectivity index (χ2v) is 10.5. The van der Waals surface area contributed by atoms with Crippen LogP contribution in [0.5, 0.6) is 5.75 Å². The number of carbonyl (C=O) groups is 2. The van der Waals surface area contributed by atoms with Crippen LogP contribution in [0.25, 0.3) is 0 Å². The Hall–Kier alpha value is -2.85. The number of ether oxygens (including phenoxy) is 2. The van der Waals surface area contributed by atoms with E-state index in [1.807, 2.05) is 35.9 Å². The van der Waals surface area contributed by atoms with Gasteiger partial charge in [-0.05, 0) is 48.9 Å². The highest BCUT2D eigenvalue weighted by atomic mass is 32.2. The van der Waals surface area contributed by atoms with Crippen LogP contribution in [0.4, 0.5) is 5.00 Å². The van der Waals surface area contributed by atoms with Crippen LogP contribution in [-0.4, -0.2) is 46.6 Å². The number of hydrogen-bond acceptors (Lipinski definition) is 8. The molecule has 0 radical (unpaired) electrons. The fourth-order valence-corrected chi connectivity index (χ4v) is 6.19. The van der Waals surface area contributed by atoms with Gasteiger partial charge in [0.2, 0.25) is 5.91 Å². The summed E-state index contributed by atoms with van der Waals surface area (Å²) < 4.78 is 12.2. The normalized spacial score (nSPS) is 13.5. The summed E-state index contributed by atoms with van der Waals surface area (Å²) in [6, 6.07) is 7.83. The maximum absolute atomic E-state index is 12.8. The number of benzene rings is 1. The van der Waals surface area contributed by atoms with Crippen molar-refractivity contribution in [3.63, 3.8) is 0 Å². The molecule has 1 aliphatic rings. The predicted octanol–water partition coefficient (Wildman–Crippen LogP) is 4.65. The molecule has 1 aliphatic carbocycles. The number of thiophene rings is 1. The average Bonchev–Trinajstić information content (AvgIpc) is 3.36. The molecule has 1 amide bonds. The standard InChI is InChI=1S/C25H30N4O4S2/c1-29-20(14-16-10-12-17(32-2)13-11-16)27-28-25(29)34-15-21(30)26-23-22(24(31)33-3)18-8-6-4-5-7-9-19(18)35-23/h10-13H,4-9,14-15H2,1-3H3,(H,26,30). The highest BCUT2D eigenvalue weighted by Crippen LogP contribution is 2.37. The molecule has 4 rings (SSSR count). The molecule has 1 aromatic carbocycles. The molecule has 2 aromatic heterocycles. The van der Waals surface area contributed by atoms with Gasteiger partial charge < -0.3 is 19.4 Å². The summed E-state index contributed by atoms with van der Waals surface area (Å²) in [5.74, 6) is 1.21. The fourth-order valence-electron chi connectivity index (χ4n) is 4.17. The van der Waals surface area contributed by atoms with E-state index in [1.54, 1.807) is 7.11 Å². The molecule has 35 heavy (non-hydrogen) atoms. The van der Waals surface area contributed by atoms with Crippen molar-refractivity contribution < 1.29 is 19.1 Å². The molecule has 0 spiro atoms. The molecule has 0 aliphatic heterocycles. The van der Waals surface area contributed by atoms with Gasteiger partial charge in [0.15, 0.2) is 5.16 Å². The predicted molar refractivity (Wildman–Crippen MR) is 138 cm³/mol. The van der Waals surface area contributed by atoms with Crippen LogP contribution in [0, 0.1) is 0 Å². The lowest BCUT2D eigenvalue weighted by molar-refractivity contribution is -0.113. The number of aromatic nitrogens is 3. The van der Waals surface area contributed by atoms with Crippen molar-refractivity contribution in [3.8, 4) is 5.75 Å². The largest absolute Gasteiger partial charge is 0.497 e. The molecule has 1 N–H and O–H groups in total. The molecule has 186 valence electrons. The lowest BCUT2D eigenvalue weighted by Gasteiger charge is -2.11. The fraction of sp³-hybridized carbons (Fsp3) is 0.440. The van der Waals surface area contributed by atoms with Gasteiger partial charge in [0.1, 0.15) is 16.6 Å². The third kappa shape index (κ3) is 6.05. The maximum atomic E-state index is 12.8. The first-order valence-corrected chi connectivity index (χ1v) is 13.5. The first-order chi connectivity index (χ1) is 17.0. The minimum absolute atomic E-state index is 0.164. The van der Waals surface area contributed by atoms with Crippen LogP contribution in [0.3, 0.4) is 0 Å². The summed E-state index contributed by atoms with van der Waals surface area (Å²) in [6.45, 7) is 0. The van der Waals surface area contributed by atoms with Gasteiger partial charge in [-0.25, -0.2) is 4.79 Å². The number of carbonyl (C=O) groups excluding carboxylic acids is 2. The van der Waals surface area contributed by atoms with Gasteiger partial charge in [-0.15, -0.1) is 21.5 Å². The van der Waals surface area contributed by atoms with Crippen molar-refractivity contribution in [2.24, 2.45) is 7.05 Å². The van der Waals surface area contributed by atoms with Crippen molar-refractivity contribution >= 4 is 40.0 Å². The van der Waals surface area contributed by atoms with Crippen molar-refractivity contribution in [1.82, 2.24) is 14.8 Å². The lowest BCUT2D eigenvalue weighted by Crippen LogP contribution is -2.16. The summed E-state index contributed by atoms with van der Waals surface area (Å²) in [7, 11) is 4.92. The molecule has 0 atom stereocenters. The SMILES string of the molecule is COC(=O)c1c(NC(=O)CSc2nnc(Cc3ccc(OC)cc3)n2C)sc2c1CCCCCC2. The zero-order valence-corrected chi connectivity index (χ0v) is 21.9. The Bertz CT molecular complexity index is 1190. The van der Waals surface area contributed by atoms with Crippen LogP contribution < -0.4 is 10.1 Å².